The van der Waals surface area contributed by atoms with Crippen LogP contribution in [0, 0.1) is 0 Å². The van der Waals surface area contributed by atoms with Crippen molar-refractivity contribution in [3.63, 3.8) is 0 Å². The highest BCUT2D eigenvalue weighted by Gasteiger charge is 2.29. The number of rotatable bonds is 12. The first-order chi connectivity index (χ1) is 20.9. The molecule has 9 heteroatoms. The normalized spacial score (nSPS) is 15.8. The van der Waals surface area contributed by atoms with Crippen molar-refractivity contribution in [2.75, 3.05) is 6.54 Å². The maximum atomic E-state index is 14.0. The van der Waals surface area contributed by atoms with Crippen LogP contribution in [0.15, 0.2) is 72.8 Å². The molecule has 0 saturated carbocycles. The van der Waals surface area contributed by atoms with E-state index in [0.29, 0.717) is 46.9 Å². The zero-order chi connectivity index (χ0) is 30.2. The quantitative estimate of drug-likeness (QED) is 0.152. The fraction of sp³-hybridized carbons (Fsp3) is 0.382. The lowest BCUT2D eigenvalue weighted by Crippen LogP contribution is -2.44. The summed E-state index contributed by atoms with van der Waals surface area (Å²) in [5.41, 5.74) is 2.80. The third-order valence-electron chi connectivity index (χ3n) is 7.83. The maximum Gasteiger partial charge on any atom is 0.412 e. The van der Waals surface area contributed by atoms with E-state index in [-0.39, 0.29) is 24.9 Å². The Kier molecular flexibility index (Phi) is 10.3. The van der Waals surface area contributed by atoms with Crippen LogP contribution in [0.2, 0.25) is 5.02 Å². The summed E-state index contributed by atoms with van der Waals surface area (Å²) in [6, 6.07) is 21.9. The van der Waals surface area contributed by atoms with Crippen LogP contribution in [0.4, 0.5) is 9.18 Å². The summed E-state index contributed by atoms with van der Waals surface area (Å²) in [5.74, 6) is 1.34. The Labute approximate surface area is 256 Å². The number of alkyl halides is 1. The van der Waals surface area contributed by atoms with Crippen molar-refractivity contribution in [2.24, 2.45) is 0 Å². The summed E-state index contributed by atoms with van der Waals surface area (Å²) in [4.78, 5) is 32.4. The minimum absolute atomic E-state index is 0.00581. The first-order valence-corrected chi connectivity index (χ1v) is 15.4. The van der Waals surface area contributed by atoms with Crippen LogP contribution in [-0.4, -0.2) is 45.3 Å². The number of piperidine rings is 1. The van der Waals surface area contributed by atoms with E-state index >= 15 is 0 Å². The number of amides is 1. The third-order valence-corrected chi connectivity index (χ3v) is 8.08. The molecule has 226 valence electrons. The molecule has 2 heterocycles. The third kappa shape index (κ3) is 7.73. The van der Waals surface area contributed by atoms with Crippen molar-refractivity contribution >= 4 is 34.5 Å². The van der Waals surface area contributed by atoms with Gasteiger partial charge >= 0.3 is 6.09 Å². The molecule has 2 atom stereocenters. The van der Waals surface area contributed by atoms with Crippen molar-refractivity contribution in [3.05, 3.63) is 94.8 Å². The van der Waals surface area contributed by atoms with E-state index in [1.54, 1.807) is 29.2 Å². The summed E-state index contributed by atoms with van der Waals surface area (Å²) in [7, 11) is 0. The van der Waals surface area contributed by atoms with Gasteiger partial charge in [0.1, 0.15) is 18.2 Å². The highest BCUT2D eigenvalue weighted by molar-refractivity contribution is 6.30. The summed E-state index contributed by atoms with van der Waals surface area (Å²) in [5, 5.41) is 0.628. The largest absolute Gasteiger partial charge is 0.486 e. The van der Waals surface area contributed by atoms with Crippen LogP contribution in [0.1, 0.15) is 73.6 Å². The molecule has 2 unspecified atom stereocenters. The zero-order valence-electron chi connectivity index (χ0n) is 24.4. The second-order valence-corrected chi connectivity index (χ2v) is 11.3. The molecule has 5 rings (SSSR count). The van der Waals surface area contributed by atoms with Gasteiger partial charge in [0.25, 0.3) is 0 Å². The van der Waals surface area contributed by atoms with E-state index < -0.39 is 12.5 Å². The molecule has 4 aromatic rings. The lowest BCUT2D eigenvalue weighted by Gasteiger charge is -2.35. The molecule has 0 bridgehead atoms. The molecular weight excluding hydrogens is 569 g/mol. The molecular formula is C34H37ClFN3O4. The second-order valence-electron chi connectivity index (χ2n) is 10.9. The van der Waals surface area contributed by atoms with Gasteiger partial charge in [0.05, 0.1) is 11.0 Å². The van der Waals surface area contributed by atoms with Gasteiger partial charge < -0.3 is 18.9 Å². The predicted octanol–water partition coefficient (Wildman–Crippen LogP) is 8.37. The number of halogens is 2. The smallest absolute Gasteiger partial charge is 0.412 e. The van der Waals surface area contributed by atoms with Crippen molar-refractivity contribution in [1.29, 1.82) is 0 Å². The number of fused-ring (bicyclic) bond motifs is 1. The average Bonchev–Trinajstić information content (AvgIpc) is 3.37. The number of carbonyl (C=O) groups excluding carboxylic acids is 2. The Morgan fingerprint density at radius 2 is 1.84 bits per heavy atom. The predicted molar refractivity (Wildman–Crippen MR) is 165 cm³/mol. The van der Waals surface area contributed by atoms with Crippen molar-refractivity contribution < 1.29 is 23.5 Å². The van der Waals surface area contributed by atoms with Crippen molar-refractivity contribution in [3.8, 4) is 5.75 Å². The molecule has 3 aromatic carbocycles. The highest BCUT2D eigenvalue weighted by atomic mass is 35.5. The van der Waals surface area contributed by atoms with Crippen LogP contribution < -0.4 is 4.74 Å². The Balaban J connectivity index is 1.34. The molecule has 1 fully saturated rings. The number of nitrogens with zero attached hydrogens (tertiary/aromatic N) is 3. The summed E-state index contributed by atoms with van der Waals surface area (Å²) in [6.45, 7) is 3.31. The average molecular weight is 606 g/mol. The monoisotopic (exact) mass is 605 g/mol. The van der Waals surface area contributed by atoms with Gasteiger partial charge in [-0.25, -0.2) is 14.2 Å². The molecule has 1 saturated heterocycles. The van der Waals surface area contributed by atoms with Gasteiger partial charge in [-0.05, 0) is 81.0 Å². The van der Waals surface area contributed by atoms with E-state index in [1.807, 2.05) is 55.5 Å². The lowest BCUT2D eigenvalue weighted by molar-refractivity contribution is -0.0216. The van der Waals surface area contributed by atoms with Gasteiger partial charge in [-0.1, -0.05) is 48.9 Å². The second kappa shape index (κ2) is 14.5. The van der Waals surface area contributed by atoms with Crippen molar-refractivity contribution in [1.82, 2.24) is 14.5 Å². The standard InChI is InChI=1S/C34H37ClFN3O4/c1-2-9-31(36)43-34(41)38-20-7-6-12-27(38)13-8-21-39-30-19-14-25(33(40)24-10-4-3-5-11-24)22-29(30)37-32(39)23-42-28-17-15-26(35)16-18-28/h3-5,10-11,14-19,22,27,31H,2,6-9,12-13,20-21,23H2,1H3. The number of ether oxygens (including phenoxy) is 2. The van der Waals surface area contributed by atoms with Gasteiger partial charge in [-0.15, -0.1) is 0 Å². The van der Waals surface area contributed by atoms with Crippen LogP contribution in [0.5, 0.6) is 5.75 Å². The number of aromatic nitrogens is 2. The van der Waals surface area contributed by atoms with E-state index in [1.165, 1.54) is 0 Å². The first kappa shape index (κ1) is 30.5. The number of hydrogen-bond donors (Lipinski definition) is 0. The molecule has 7 nitrogen and oxygen atoms in total. The number of benzene rings is 3. The summed E-state index contributed by atoms with van der Waals surface area (Å²) >= 11 is 6.03. The van der Waals surface area contributed by atoms with Crippen LogP contribution >= 0.6 is 11.6 Å². The molecule has 1 aliphatic rings. The number of imidazole rings is 1. The SMILES string of the molecule is CCCC(F)OC(=O)N1CCCCC1CCCn1c(COc2ccc(Cl)cc2)nc2cc(C(=O)c3ccccc3)ccc21. The minimum atomic E-state index is -1.57. The minimum Gasteiger partial charge on any atom is -0.486 e. The van der Waals surface area contributed by atoms with Gasteiger partial charge in [0, 0.05) is 41.7 Å². The van der Waals surface area contributed by atoms with Crippen molar-refractivity contribution in [2.45, 2.75) is 77.4 Å². The lowest BCUT2D eigenvalue weighted by atomic mass is 9.98. The van der Waals surface area contributed by atoms with Gasteiger partial charge in [0.15, 0.2) is 5.78 Å². The molecule has 43 heavy (non-hydrogen) atoms. The van der Waals surface area contributed by atoms with E-state index in [9.17, 15) is 14.0 Å². The zero-order valence-corrected chi connectivity index (χ0v) is 25.1. The Morgan fingerprint density at radius 1 is 1.05 bits per heavy atom. The van der Waals surface area contributed by atoms with E-state index in [4.69, 9.17) is 26.1 Å². The Bertz CT molecular complexity index is 1530. The number of hydrogen-bond acceptors (Lipinski definition) is 5. The number of aryl methyl sites for hydroxylation is 1. The van der Waals surface area contributed by atoms with Gasteiger partial charge in [-0.2, -0.15) is 0 Å². The van der Waals surface area contributed by atoms with Crippen LogP contribution in [0.25, 0.3) is 11.0 Å². The maximum absolute atomic E-state index is 14.0. The van der Waals surface area contributed by atoms with E-state index in [0.717, 1.165) is 43.4 Å². The number of ketones is 1. The van der Waals surface area contributed by atoms with E-state index in [2.05, 4.69) is 4.57 Å². The summed E-state index contributed by atoms with van der Waals surface area (Å²) < 4.78 is 27.3. The number of carbonyl (C=O) groups is 2. The molecule has 0 spiro atoms. The van der Waals surface area contributed by atoms with Crippen LogP contribution in [-0.2, 0) is 17.9 Å². The molecule has 1 aliphatic heterocycles. The Hall–Kier alpha value is -3.91. The van der Waals surface area contributed by atoms with Gasteiger partial charge in [0.2, 0.25) is 6.36 Å². The molecule has 0 radical (unpaired) electrons. The Morgan fingerprint density at radius 3 is 2.60 bits per heavy atom. The van der Waals surface area contributed by atoms with Crippen LogP contribution in [0.3, 0.4) is 0 Å². The molecule has 1 aromatic heterocycles. The molecule has 0 aliphatic carbocycles. The fourth-order valence-electron chi connectivity index (χ4n) is 5.60. The highest BCUT2D eigenvalue weighted by Crippen LogP contribution is 2.26. The molecule has 1 amide bonds. The topological polar surface area (TPSA) is 73.7 Å². The molecule has 0 N–H and O–H groups in total. The first-order valence-electron chi connectivity index (χ1n) is 15.0. The number of likely N-dealkylation sites (tertiary alicyclic amines) is 1. The van der Waals surface area contributed by atoms with Gasteiger partial charge in [-0.3, -0.25) is 4.79 Å². The fourth-order valence-corrected chi connectivity index (χ4v) is 5.73. The summed E-state index contributed by atoms with van der Waals surface area (Å²) in [6.07, 6.45) is 2.98.